The molecule has 0 spiro atoms. The maximum atomic E-state index is 10.1. The average molecular weight is 325 g/mol. The molecule has 1 rings (SSSR count). The van der Waals surface area contributed by atoms with Crippen LogP contribution in [-0.4, -0.2) is 28.5 Å². The van der Waals surface area contributed by atoms with Crippen LogP contribution in [0, 0.1) is 0 Å². The lowest BCUT2D eigenvalue weighted by atomic mass is 9.76. The maximum Gasteiger partial charge on any atom is 0.491 e. The molecule has 0 aliphatic carbocycles. The van der Waals surface area contributed by atoms with Gasteiger partial charge in [-0.1, -0.05) is 34.8 Å². The minimum absolute atomic E-state index is 0.223. The van der Waals surface area contributed by atoms with E-state index in [2.05, 4.69) is 0 Å². The lowest BCUT2D eigenvalue weighted by Crippen LogP contribution is -2.53. The van der Waals surface area contributed by atoms with E-state index >= 15 is 0 Å². The highest BCUT2D eigenvalue weighted by atomic mass is 35.5. The van der Waals surface area contributed by atoms with Crippen molar-refractivity contribution in [1.82, 2.24) is 0 Å². The van der Waals surface area contributed by atoms with Crippen molar-refractivity contribution >= 4 is 47.4 Å². The van der Waals surface area contributed by atoms with E-state index in [1.54, 1.807) is 27.7 Å². The lowest BCUT2D eigenvalue weighted by Gasteiger charge is -2.38. The number of hydrogen-bond acceptors (Lipinski definition) is 3. The van der Waals surface area contributed by atoms with Gasteiger partial charge in [0, 0.05) is 0 Å². The van der Waals surface area contributed by atoms with Crippen molar-refractivity contribution < 1.29 is 14.8 Å². The summed E-state index contributed by atoms with van der Waals surface area (Å²) in [5.74, 6) is 0. The van der Waals surface area contributed by atoms with Crippen LogP contribution < -0.4 is 5.46 Å². The molecule has 0 radical (unpaired) electrons. The molecule has 0 aromatic heterocycles. The van der Waals surface area contributed by atoms with E-state index in [1.165, 1.54) is 12.1 Å². The van der Waals surface area contributed by atoms with E-state index in [9.17, 15) is 10.1 Å². The largest absolute Gasteiger partial charge is 0.491 e. The lowest BCUT2D eigenvalue weighted by molar-refractivity contribution is -0.0982. The van der Waals surface area contributed by atoms with Crippen LogP contribution >= 0.6 is 34.8 Å². The van der Waals surface area contributed by atoms with Crippen molar-refractivity contribution in [2.45, 2.75) is 38.9 Å². The molecule has 0 atom stereocenters. The van der Waals surface area contributed by atoms with Crippen LogP contribution in [0.3, 0.4) is 0 Å². The normalized spacial score (nSPS) is 12.7. The molecule has 1 aromatic carbocycles. The number of halogens is 3. The summed E-state index contributed by atoms with van der Waals surface area (Å²) in [7, 11) is -1.27. The van der Waals surface area contributed by atoms with Gasteiger partial charge in [-0.3, -0.25) is 0 Å². The summed E-state index contributed by atoms with van der Waals surface area (Å²) in [4.78, 5) is 0. The quantitative estimate of drug-likeness (QED) is 0.661. The first-order chi connectivity index (χ1) is 8.45. The highest BCUT2D eigenvalue weighted by Crippen LogP contribution is 2.29. The van der Waals surface area contributed by atoms with Crippen molar-refractivity contribution in [2.75, 3.05) is 0 Å². The number of benzene rings is 1. The second-order valence-corrected chi connectivity index (χ2v) is 6.53. The summed E-state index contributed by atoms with van der Waals surface area (Å²) >= 11 is 17.6. The molecular formula is C12H16BCl3O3. The van der Waals surface area contributed by atoms with Crippen molar-refractivity contribution in [3.8, 4) is 0 Å². The van der Waals surface area contributed by atoms with Gasteiger partial charge in [0.05, 0.1) is 26.3 Å². The van der Waals surface area contributed by atoms with Gasteiger partial charge in [0.1, 0.15) is 0 Å². The summed E-state index contributed by atoms with van der Waals surface area (Å²) < 4.78 is 5.48. The fraction of sp³-hybridized carbons (Fsp3) is 0.500. The molecule has 0 amide bonds. The topological polar surface area (TPSA) is 49.7 Å². The summed E-state index contributed by atoms with van der Waals surface area (Å²) in [5, 5.41) is 20.7. The average Bonchev–Trinajstić information content (AvgIpc) is 2.22. The van der Waals surface area contributed by atoms with Crippen LogP contribution in [-0.2, 0) is 4.65 Å². The van der Waals surface area contributed by atoms with Crippen LogP contribution in [0.5, 0.6) is 0 Å². The molecule has 7 heteroatoms. The number of aliphatic hydroxyl groups is 1. The molecule has 2 N–H and O–H groups in total. The van der Waals surface area contributed by atoms with Crippen LogP contribution in [0.15, 0.2) is 12.1 Å². The highest BCUT2D eigenvalue weighted by molar-refractivity contribution is 6.61. The van der Waals surface area contributed by atoms with Crippen molar-refractivity contribution in [3.05, 3.63) is 27.2 Å². The minimum atomic E-state index is -1.27. The molecule has 19 heavy (non-hydrogen) atoms. The van der Waals surface area contributed by atoms with E-state index in [4.69, 9.17) is 39.5 Å². The van der Waals surface area contributed by atoms with Crippen LogP contribution in [0.4, 0.5) is 0 Å². The fourth-order valence-electron chi connectivity index (χ4n) is 1.21. The molecule has 0 saturated heterocycles. The summed E-state index contributed by atoms with van der Waals surface area (Å²) in [5.41, 5.74) is -1.73. The van der Waals surface area contributed by atoms with E-state index in [-0.39, 0.29) is 15.1 Å². The van der Waals surface area contributed by atoms with Crippen molar-refractivity contribution in [3.63, 3.8) is 0 Å². The molecular weight excluding hydrogens is 309 g/mol. The Morgan fingerprint density at radius 3 is 1.84 bits per heavy atom. The van der Waals surface area contributed by atoms with Crippen molar-refractivity contribution in [2.24, 2.45) is 0 Å². The molecule has 0 aliphatic heterocycles. The number of rotatable bonds is 4. The van der Waals surface area contributed by atoms with Gasteiger partial charge >= 0.3 is 7.12 Å². The van der Waals surface area contributed by atoms with Gasteiger partial charge in [0.15, 0.2) is 0 Å². The Balaban J connectivity index is 3.00. The van der Waals surface area contributed by atoms with Gasteiger partial charge in [-0.25, -0.2) is 0 Å². The Morgan fingerprint density at radius 2 is 1.47 bits per heavy atom. The summed E-state index contributed by atoms with van der Waals surface area (Å²) in [6, 6.07) is 2.95. The van der Waals surface area contributed by atoms with Crippen LogP contribution in [0.25, 0.3) is 0 Å². The third-order valence-electron chi connectivity index (χ3n) is 3.17. The van der Waals surface area contributed by atoms with Gasteiger partial charge in [0.2, 0.25) is 0 Å². The first-order valence-electron chi connectivity index (χ1n) is 5.68. The maximum absolute atomic E-state index is 10.1. The summed E-state index contributed by atoms with van der Waals surface area (Å²) in [6.07, 6.45) is 0. The van der Waals surface area contributed by atoms with Gasteiger partial charge in [0.25, 0.3) is 0 Å². The monoisotopic (exact) mass is 324 g/mol. The van der Waals surface area contributed by atoms with E-state index in [0.29, 0.717) is 5.46 Å². The van der Waals surface area contributed by atoms with Gasteiger partial charge in [-0.05, 0) is 45.3 Å². The Hall–Kier alpha value is 0.0349. The molecule has 0 unspecified atom stereocenters. The SMILES string of the molecule is CC(C)(O)C(C)(C)OB(O)c1cc(Cl)c(Cl)c(Cl)c1. The standard InChI is InChI=1S/C12H16BCl3O3/c1-11(2,17)12(3,4)19-13(18)7-5-8(14)10(16)9(15)6-7/h5-6,17-18H,1-4H3. The Kier molecular flexibility index (Phi) is 5.22. The molecule has 0 bridgehead atoms. The van der Waals surface area contributed by atoms with E-state index in [0.717, 1.165) is 0 Å². The molecule has 0 heterocycles. The molecule has 0 fully saturated rings. The molecule has 0 saturated carbocycles. The Bertz CT molecular complexity index is 449. The Morgan fingerprint density at radius 1 is 1.05 bits per heavy atom. The zero-order valence-corrected chi connectivity index (χ0v) is 13.4. The molecule has 1 aromatic rings. The van der Waals surface area contributed by atoms with Gasteiger partial charge < -0.3 is 14.8 Å². The van der Waals surface area contributed by atoms with Gasteiger partial charge in [-0.15, -0.1) is 0 Å². The van der Waals surface area contributed by atoms with E-state index in [1.807, 2.05) is 0 Å². The molecule has 106 valence electrons. The van der Waals surface area contributed by atoms with Crippen LogP contribution in [0.1, 0.15) is 27.7 Å². The molecule has 3 nitrogen and oxygen atoms in total. The van der Waals surface area contributed by atoms with E-state index < -0.39 is 18.3 Å². The second kappa shape index (κ2) is 5.80. The predicted octanol–water partition coefficient (Wildman–Crippen LogP) is 2.90. The fourth-order valence-corrected chi connectivity index (χ4v) is 1.82. The van der Waals surface area contributed by atoms with Crippen LogP contribution in [0.2, 0.25) is 15.1 Å². The first-order valence-corrected chi connectivity index (χ1v) is 6.82. The smallest absolute Gasteiger partial charge is 0.423 e. The summed E-state index contributed by atoms with van der Waals surface area (Å²) in [6.45, 7) is 6.55. The third-order valence-corrected chi connectivity index (χ3v) is 4.37. The second-order valence-electron chi connectivity index (χ2n) is 5.34. The highest BCUT2D eigenvalue weighted by Gasteiger charge is 2.39. The zero-order chi connectivity index (χ0) is 15.0. The van der Waals surface area contributed by atoms with Crippen molar-refractivity contribution in [1.29, 1.82) is 0 Å². The Labute approximate surface area is 128 Å². The number of hydrogen-bond donors (Lipinski definition) is 2. The van der Waals surface area contributed by atoms with Gasteiger partial charge in [-0.2, -0.15) is 0 Å². The third kappa shape index (κ3) is 4.00. The molecule has 0 aliphatic rings. The minimum Gasteiger partial charge on any atom is -0.423 e. The zero-order valence-electron chi connectivity index (χ0n) is 11.2. The predicted molar refractivity (Wildman–Crippen MR) is 80.5 cm³/mol. The first kappa shape index (κ1) is 17.1.